The van der Waals surface area contributed by atoms with E-state index in [1.807, 2.05) is 110 Å². The van der Waals surface area contributed by atoms with Crippen LogP contribution in [0.4, 0.5) is 0 Å². The van der Waals surface area contributed by atoms with Crippen LogP contribution >= 0.6 is 0 Å². The maximum absolute atomic E-state index is 11.8. The van der Waals surface area contributed by atoms with Crippen LogP contribution in [-0.2, 0) is 31.3 Å². The van der Waals surface area contributed by atoms with Crippen LogP contribution < -0.4 is 0 Å². The molecule has 0 aliphatic rings. The largest absolute Gasteiger partial charge is 0.512 e. The van der Waals surface area contributed by atoms with Crippen molar-refractivity contribution < 1.29 is 31.4 Å². The van der Waals surface area contributed by atoms with Gasteiger partial charge in [-0.1, -0.05) is 146 Å². The van der Waals surface area contributed by atoms with E-state index in [1.165, 1.54) is 28.3 Å². The normalized spacial score (nSPS) is 11.8. The summed E-state index contributed by atoms with van der Waals surface area (Å²) in [6.07, 6.45) is 7.65. The van der Waals surface area contributed by atoms with E-state index in [0.717, 1.165) is 52.9 Å². The summed E-state index contributed by atoms with van der Waals surface area (Å²) in [5.41, 5.74) is 10.1. The number of aromatic nitrogens is 2. The number of pyridine rings is 2. The molecule has 6 rings (SSSR count). The van der Waals surface area contributed by atoms with Crippen LogP contribution in [-0.4, -0.2) is 20.9 Å². The molecule has 5 heteroatoms. The molecule has 6 aromatic rings. The summed E-state index contributed by atoms with van der Waals surface area (Å²) in [6.45, 7) is 17.6. The molecule has 0 saturated carbocycles. The molecule has 0 aliphatic carbocycles. The van der Waals surface area contributed by atoms with E-state index in [0.29, 0.717) is 0 Å². The zero-order valence-corrected chi connectivity index (χ0v) is 37.4. The molecule has 2 aromatic heterocycles. The van der Waals surface area contributed by atoms with Gasteiger partial charge in [0.05, 0.1) is 0 Å². The first-order chi connectivity index (χ1) is 27.1. The van der Waals surface area contributed by atoms with Crippen molar-refractivity contribution >= 4 is 5.78 Å². The fourth-order valence-electron chi connectivity index (χ4n) is 5.45. The third-order valence-corrected chi connectivity index (χ3v) is 10.3. The minimum absolute atomic E-state index is 0. The molecular weight excluding hydrogens is 877 g/mol. The van der Waals surface area contributed by atoms with Crippen LogP contribution in [0.1, 0.15) is 93.5 Å². The van der Waals surface area contributed by atoms with Crippen LogP contribution in [0.3, 0.4) is 0 Å². The van der Waals surface area contributed by atoms with Crippen molar-refractivity contribution in [2.24, 2.45) is 10.8 Å². The molecule has 2 heterocycles. The molecule has 57 heavy (non-hydrogen) atoms. The Morgan fingerprint density at radius 2 is 1.16 bits per heavy atom. The Morgan fingerprint density at radius 1 is 0.684 bits per heavy atom. The maximum atomic E-state index is 11.8. The van der Waals surface area contributed by atoms with E-state index in [9.17, 15) is 9.90 Å². The summed E-state index contributed by atoms with van der Waals surface area (Å²) < 4.78 is 8.17. The van der Waals surface area contributed by atoms with Gasteiger partial charge in [-0.3, -0.25) is 4.79 Å². The van der Waals surface area contributed by atoms with Crippen molar-refractivity contribution in [3.05, 3.63) is 169 Å². The Kier molecular flexibility index (Phi) is 17.4. The van der Waals surface area contributed by atoms with Gasteiger partial charge in [0, 0.05) is 50.8 Å². The van der Waals surface area contributed by atoms with E-state index in [4.69, 9.17) is 1.37 Å². The van der Waals surface area contributed by atoms with Gasteiger partial charge in [0.2, 0.25) is 0 Å². The van der Waals surface area contributed by atoms with Crippen LogP contribution in [0.15, 0.2) is 146 Å². The van der Waals surface area contributed by atoms with Gasteiger partial charge in [0.25, 0.3) is 0 Å². The second-order valence-electron chi connectivity index (χ2n) is 15.4. The number of aliphatic hydroxyl groups excluding tert-OH is 1. The van der Waals surface area contributed by atoms with Gasteiger partial charge in [-0.25, -0.2) is 0 Å². The van der Waals surface area contributed by atoms with E-state index in [-0.39, 0.29) is 42.5 Å². The molecule has 0 saturated heterocycles. The van der Waals surface area contributed by atoms with Crippen molar-refractivity contribution in [1.29, 1.82) is 0 Å². The first kappa shape index (κ1) is 44.8. The Bertz CT molecular complexity index is 2220. The smallest absolute Gasteiger partial charge is 0.164 e. The number of aryl methyl sites for hydroxylation is 1. The topological polar surface area (TPSA) is 63.1 Å². The zero-order valence-electron chi connectivity index (χ0n) is 36.0. The third kappa shape index (κ3) is 13.6. The maximum Gasteiger partial charge on any atom is 0.164 e. The predicted octanol–water partition coefficient (Wildman–Crippen LogP) is 14.0. The summed E-state index contributed by atoms with van der Waals surface area (Å²) in [5, 5.41) is 9.85. The van der Waals surface area contributed by atoms with Crippen LogP contribution in [0.2, 0.25) is 0 Å². The minimum atomic E-state index is -0.630. The Morgan fingerprint density at radius 3 is 1.61 bits per heavy atom. The molecule has 0 aliphatic heterocycles. The zero-order chi connectivity index (χ0) is 41.6. The molecule has 0 atom stereocenters. The molecule has 0 fully saturated rings. The second kappa shape index (κ2) is 22.1. The van der Waals surface area contributed by atoms with Crippen molar-refractivity contribution in [2.45, 2.75) is 87.5 Å². The summed E-state index contributed by atoms with van der Waals surface area (Å²) in [7, 11) is 0. The molecular formula is C52H58IrN2O2-2. The Hall–Kier alpha value is -4.96. The number of rotatable bonds is 11. The van der Waals surface area contributed by atoms with Crippen molar-refractivity contribution in [3.8, 4) is 44.8 Å². The molecule has 0 bridgehead atoms. The van der Waals surface area contributed by atoms with Crippen LogP contribution in [0.5, 0.6) is 0 Å². The fourth-order valence-corrected chi connectivity index (χ4v) is 5.45. The summed E-state index contributed by atoms with van der Waals surface area (Å²) in [5.74, 6) is -0.435. The molecule has 299 valence electrons. The SMILES string of the molecule is CCC(C)(C)C(=O)/C=C(\O)C(C)(C)CC.CCc1ccnc(-c2[c-]ccc(-c3ccccc3)c2)c1.[2H]C(C)(C)c1ccnc(-c2[c-]ccc(-c3ccccc3)c2)c1.[Ir]. The molecule has 4 nitrogen and oxygen atoms in total. The Balaban J connectivity index is 0.000000236. The molecule has 1 N–H and O–H groups in total. The molecule has 0 unspecified atom stereocenters. The van der Waals surface area contributed by atoms with E-state index >= 15 is 0 Å². The minimum Gasteiger partial charge on any atom is -0.512 e. The number of hydrogen-bond acceptors (Lipinski definition) is 4. The second-order valence-corrected chi connectivity index (χ2v) is 15.4. The molecule has 4 aromatic carbocycles. The number of hydrogen-bond donors (Lipinski definition) is 1. The van der Waals surface area contributed by atoms with Gasteiger partial charge in [-0.15, -0.1) is 70.8 Å². The number of aliphatic hydroxyl groups is 1. The van der Waals surface area contributed by atoms with Gasteiger partial charge < -0.3 is 15.1 Å². The summed E-state index contributed by atoms with van der Waals surface area (Å²) in [6, 6.07) is 47.6. The fraction of sp³-hybridized carbons (Fsp3) is 0.288. The van der Waals surface area contributed by atoms with Crippen LogP contribution in [0.25, 0.3) is 44.8 Å². The van der Waals surface area contributed by atoms with Crippen molar-refractivity contribution in [3.63, 3.8) is 0 Å². The average molecular weight is 936 g/mol. The monoisotopic (exact) mass is 936 g/mol. The number of allylic oxidation sites excluding steroid dienone is 2. The number of carbonyl (C=O) groups is 1. The molecule has 0 amide bonds. The Labute approximate surface area is 357 Å². The summed E-state index contributed by atoms with van der Waals surface area (Å²) >= 11 is 0. The van der Waals surface area contributed by atoms with Gasteiger partial charge in [0.15, 0.2) is 5.78 Å². The number of ketones is 1. The average Bonchev–Trinajstić information content (AvgIpc) is 3.24. The number of benzene rings is 4. The van der Waals surface area contributed by atoms with Gasteiger partial charge in [-0.05, 0) is 59.8 Å². The van der Waals surface area contributed by atoms with E-state index in [2.05, 4.69) is 102 Å². The molecule has 0 spiro atoms. The van der Waals surface area contributed by atoms with Gasteiger partial charge in [-0.2, -0.15) is 0 Å². The number of carbonyl (C=O) groups excluding carboxylic acids is 1. The van der Waals surface area contributed by atoms with Crippen LogP contribution in [0, 0.1) is 23.0 Å². The predicted molar refractivity (Wildman–Crippen MR) is 235 cm³/mol. The van der Waals surface area contributed by atoms with Crippen molar-refractivity contribution in [1.82, 2.24) is 9.97 Å². The number of nitrogens with zero attached hydrogens (tertiary/aromatic N) is 2. The quantitative estimate of drug-likeness (QED) is 0.0799. The van der Waals surface area contributed by atoms with E-state index in [1.54, 1.807) is 6.20 Å². The molecule has 1 radical (unpaired) electrons. The first-order valence-corrected chi connectivity index (χ1v) is 19.6. The summed E-state index contributed by atoms with van der Waals surface area (Å²) in [4.78, 5) is 20.7. The first-order valence-electron chi connectivity index (χ1n) is 20.1. The van der Waals surface area contributed by atoms with E-state index < -0.39 is 5.89 Å². The van der Waals surface area contributed by atoms with Gasteiger partial charge >= 0.3 is 0 Å². The van der Waals surface area contributed by atoms with Crippen molar-refractivity contribution in [2.75, 3.05) is 0 Å². The standard InChI is InChI=1S/C20H18N.C19H16N.C13H24O2.Ir/c1-15(2)17-11-12-21-20(14-17)19-10-6-9-18(13-19)16-7-4-3-5-8-16;1-2-15-11-12-20-19(13-15)18-10-6-9-17(14-18)16-7-4-3-5-8-16;1-7-12(3,4)10(14)9-11(15)13(5,6)8-2;/h3-9,11-15H,1-2H3;3-9,11-14H,2H2,1H3;9,14H,7-8H2,1-6H3;/q2*-1;;/b;;10-9-;/i15D;;;. The third-order valence-electron chi connectivity index (χ3n) is 10.3. The van der Waals surface area contributed by atoms with Gasteiger partial charge in [0.1, 0.15) is 5.76 Å².